The highest BCUT2D eigenvalue weighted by atomic mass is 35.5. The van der Waals surface area contributed by atoms with Crippen molar-refractivity contribution in [1.82, 2.24) is 14.9 Å². The molecule has 1 aromatic rings. The van der Waals surface area contributed by atoms with Gasteiger partial charge in [0.05, 0.1) is 0 Å². The van der Waals surface area contributed by atoms with Crippen molar-refractivity contribution in [1.29, 1.82) is 0 Å². The maximum absolute atomic E-state index is 4.56. The molecule has 1 aromatic heterocycles. The highest BCUT2D eigenvalue weighted by molar-refractivity contribution is 5.85. The number of halogens is 2. The van der Waals surface area contributed by atoms with Gasteiger partial charge < -0.3 is 9.88 Å². The molecule has 1 atom stereocenters. The van der Waals surface area contributed by atoms with Gasteiger partial charge in [-0.1, -0.05) is 6.92 Å². The first-order chi connectivity index (χ1) is 7.81. The van der Waals surface area contributed by atoms with Crippen molar-refractivity contribution in [2.24, 2.45) is 5.92 Å². The highest BCUT2D eigenvalue weighted by Crippen LogP contribution is 2.17. The number of nitrogens with zero attached hydrogens (tertiary/aromatic N) is 2. The fraction of sp³-hybridized carbons (Fsp3) is 0.769. The van der Waals surface area contributed by atoms with Crippen LogP contribution in [0.3, 0.4) is 0 Å². The van der Waals surface area contributed by atoms with Gasteiger partial charge in [-0.2, -0.15) is 0 Å². The molecule has 0 spiro atoms. The van der Waals surface area contributed by atoms with Crippen LogP contribution in [-0.4, -0.2) is 22.6 Å². The van der Waals surface area contributed by atoms with Crippen molar-refractivity contribution in [3.05, 3.63) is 17.7 Å². The van der Waals surface area contributed by atoms with Crippen LogP contribution < -0.4 is 5.32 Å². The van der Waals surface area contributed by atoms with Crippen LogP contribution in [-0.2, 0) is 13.0 Å². The summed E-state index contributed by atoms with van der Waals surface area (Å²) in [5.41, 5.74) is 1.31. The summed E-state index contributed by atoms with van der Waals surface area (Å²) in [6.07, 6.45) is 7.01. The minimum atomic E-state index is 0. The van der Waals surface area contributed by atoms with Gasteiger partial charge in [0, 0.05) is 24.9 Å². The summed E-state index contributed by atoms with van der Waals surface area (Å²) in [7, 11) is 0. The number of piperidine rings is 1. The molecule has 0 amide bonds. The summed E-state index contributed by atoms with van der Waals surface area (Å²) in [5.74, 6) is 2.07. The molecule has 1 fully saturated rings. The standard InChI is InChI=1S/C13H23N3.2ClH/c1-3-7-16-11(2)9-15-13(16)8-12-5-4-6-14-10-12;;/h9,12,14H,3-8,10H2,1-2H3;2*1H. The maximum atomic E-state index is 4.56. The van der Waals surface area contributed by atoms with Crippen LogP contribution in [0.4, 0.5) is 0 Å². The van der Waals surface area contributed by atoms with Gasteiger partial charge in [0.1, 0.15) is 5.82 Å². The Morgan fingerprint density at radius 1 is 1.44 bits per heavy atom. The first kappa shape index (κ1) is 17.8. The van der Waals surface area contributed by atoms with E-state index in [0.29, 0.717) is 0 Å². The number of nitrogens with one attached hydrogen (secondary N) is 1. The van der Waals surface area contributed by atoms with Gasteiger partial charge in [-0.3, -0.25) is 0 Å². The van der Waals surface area contributed by atoms with Crippen molar-refractivity contribution >= 4 is 24.8 Å². The van der Waals surface area contributed by atoms with Crippen LogP contribution >= 0.6 is 24.8 Å². The van der Waals surface area contributed by atoms with Crippen molar-refractivity contribution in [3.8, 4) is 0 Å². The summed E-state index contributed by atoms with van der Waals surface area (Å²) >= 11 is 0. The average Bonchev–Trinajstić information content (AvgIpc) is 2.64. The summed E-state index contributed by atoms with van der Waals surface area (Å²) in [6, 6.07) is 0. The molecule has 1 aliphatic heterocycles. The van der Waals surface area contributed by atoms with Crippen molar-refractivity contribution in [2.45, 2.75) is 46.1 Å². The topological polar surface area (TPSA) is 29.9 Å². The second kappa shape index (κ2) is 8.78. The Kier molecular flexibility index (Phi) is 8.66. The van der Waals surface area contributed by atoms with Crippen molar-refractivity contribution in [3.63, 3.8) is 0 Å². The van der Waals surface area contributed by atoms with Gasteiger partial charge in [-0.05, 0) is 45.2 Å². The van der Waals surface area contributed by atoms with E-state index in [1.807, 2.05) is 6.20 Å². The zero-order valence-electron chi connectivity index (χ0n) is 11.3. The number of rotatable bonds is 4. The summed E-state index contributed by atoms with van der Waals surface area (Å²) in [4.78, 5) is 4.56. The van der Waals surface area contributed by atoms with Gasteiger partial charge >= 0.3 is 0 Å². The molecule has 0 bridgehead atoms. The Labute approximate surface area is 123 Å². The lowest BCUT2D eigenvalue weighted by Gasteiger charge is -2.22. The third-order valence-electron chi connectivity index (χ3n) is 3.46. The molecule has 2 rings (SSSR count). The predicted octanol–water partition coefficient (Wildman–Crippen LogP) is 2.99. The number of imidazole rings is 1. The van der Waals surface area contributed by atoms with E-state index in [9.17, 15) is 0 Å². The minimum absolute atomic E-state index is 0. The number of hydrogen-bond acceptors (Lipinski definition) is 2. The van der Waals surface area contributed by atoms with Crippen LogP contribution in [0.5, 0.6) is 0 Å². The van der Waals surface area contributed by atoms with Gasteiger partial charge in [0.25, 0.3) is 0 Å². The monoisotopic (exact) mass is 293 g/mol. The zero-order valence-corrected chi connectivity index (χ0v) is 12.9. The minimum Gasteiger partial charge on any atom is -0.332 e. The van der Waals surface area contributed by atoms with E-state index >= 15 is 0 Å². The average molecular weight is 294 g/mol. The van der Waals surface area contributed by atoms with Gasteiger partial charge in [0.15, 0.2) is 0 Å². The number of aromatic nitrogens is 2. The molecule has 0 aromatic carbocycles. The third kappa shape index (κ3) is 4.45. The molecule has 0 saturated carbocycles. The second-order valence-electron chi connectivity index (χ2n) is 4.88. The number of hydrogen-bond donors (Lipinski definition) is 1. The van der Waals surface area contributed by atoms with E-state index in [2.05, 4.69) is 28.7 Å². The van der Waals surface area contributed by atoms with Crippen molar-refractivity contribution in [2.75, 3.05) is 13.1 Å². The molecule has 18 heavy (non-hydrogen) atoms. The Balaban J connectivity index is 0.00000144. The molecule has 0 aliphatic carbocycles. The van der Waals surface area contributed by atoms with Crippen LogP contribution in [0, 0.1) is 12.8 Å². The van der Waals surface area contributed by atoms with Gasteiger partial charge in [-0.15, -0.1) is 24.8 Å². The highest BCUT2D eigenvalue weighted by Gasteiger charge is 2.16. The van der Waals surface area contributed by atoms with Crippen LogP contribution in [0.2, 0.25) is 0 Å². The first-order valence-electron chi connectivity index (χ1n) is 6.53. The van der Waals surface area contributed by atoms with Crippen LogP contribution in [0.25, 0.3) is 0 Å². The molecule has 3 nitrogen and oxygen atoms in total. The largest absolute Gasteiger partial charge is 0.332 e. The maximum Gasteiger partial charge on any atom is 0.109 e. The second-order valence-corrected chi connectivity index (χ2v) is 4.88. The van der Waals surface area contributed by atoms with Gasteiger partial charge in [-0.25, -0.2) is 4.98 Å². The molecular formula is C13H25Cl2N3. The van der Waals surface area contributed by atoms with Crippen LogP contribution in [0.1, 0.15) is 37.7 Å². The molecule has 1 N–H and O–H groups in total. The fourth-order valence-corrected chi connectivity index (χ4v) is 2.56. The SMILES string of the molecule is CCCn1c(C)cnc1CC1CCCNC1.Cl.Cl. The van der Waals surface area contributed by atoms with E-state index < -0.39 is 0 Å². The van der Waals surface area contributed by atoms with E-state index in [0.717, 1.165) is 25.4 Å². The molecule has 106 valence electrons. The smallest absolute Gasteiger partial charge is 0.109 e. The fourth-order valence-electron chi connectivity index (χ4n) is 2.56. The summed E-state index contributed by atoms with van der Waals surface area (Å²) in [6.45, 7) is 7.86. The normalized spacial score (nSPS) is 18.9. The molecular weight excluding hydrogens is 269 g/mol. The molecule has 0 radical (unpaired) electrons. The van der Waals surface area contributed by atoms with E-state index in [1.165, 1.54) is 37.3 Å². The number of aryl methyl sites for hydroxylation is 1. The Bertz CT molecular complexity index is 333. The summed E-state index contributed by atoms with van der Waals surface area (Å²) in [5, 5.41) is 3.48. The van der Waals surface area contributed by atoms with Crippen LogP contribution in [0.15, 0.2) is 6.20 Å². The quantitative estimate of drug-likeness (QED) is 0.925. The summed E-state index contributed by atoms with van der Waals surface area (Å²) < 4.78 is 2.38. The first-order valence-corrected chi connectivity index (χ1v) is 6.53. The Hall–Kier alpha value is -0.250. The predicted molar refractivity (Wildman–Crippen MR) is 81.0 cm³/mol. The molecule has 1 aliphatic rings. The third-order valence-corrected chi connectivity index (χ3v) is 3.46. The van der Waals surface area contributed by atoms with E-state index in [1.54, 1.807) is 0 Å². The zero-order chi connectivity index (χ0) is 11.4. The van der Waals surface area contributed by atoms with Gasteiger partial charge in [0.2, 0.25) is 0 Å². The lowest BCUT2D eigenvalue weighted by atomic mass is 9.96. The Morgan fingerprint density at radius 2 is 2.22 bits per heavy atom. The lowest BCUT2D eigenvalue weighted by Crippen LogP contribution is -2.31. The molecule has 1 saturated heterocycles. The van der Waals surface area contributed by atoms with Crippen molar-refractivity contribution < 1.29 is 0 Å². The lowest BCUT2D eigenvalue weighted by molar-refractivity contribution is 0.365. The Morgan fingerprint density at radius 3 is 2.83 bits per heavy atom. The molecule has 2 heterocycles. The van der Waals surface area contributed by atoms with E-state index in [-0.39, 0.29) is 24.8 Å². The molecule has 5 heteroatoms. The van der Waals surface area contributed by atoms with E-state index in [4.69, 9.17) is 0 Å². The molecule has 1 unspecified atom stereocenters.